The van der Waals surface area contributed by atoms with Crippen LogP contribution in [-0.4, -0.2) is 37.5 Å². The summed E-state index contributed by atoms with van der Waals surface area (Å²) in [6, 6.07) is 4.17. The highest BCUT2D eigenvalue weighted by Crippen LogP contribution is 2.38. The van der Waals surface area contributed by atoms with Gasteiger partial charge < -0.3 is 9.73 Å². The molecule has 0 unspecified atom stereocenters. The molecule has 0 spiro atoms. The van der Waals surface area contributed by atoms with E-state index in [0.29, 0.717) is 42.8 Å². The molecule has 168 valence electrons. The lowest BCUT2D eigenvalue weighted by Gasteiger charge is -2.27. The summed E-state index contributed by atoms with van der Waals surface area (Å²) >= 11 is 6.22. The van der Waals surface area contributed by atoms with Gasteiger partial charge in [0.2, 0.25) is 10.0 Å². The van der Waals surface area contributed by atoms with Gasteiger partial charge in [-0.25, -0.2) is 8.42 Å². The van der Waals surface area contributed by atoms with E-state index in [4.69, 9.17) is 16.0 Å². The SMILES string of the molecule is CCN(CC)S(=O)(=O)c1ccc(Cl)c(NC(=O)c2oc3c(c2C)C(=O)CC(C)(C)C3)c1. The second kappa shape index (κ2) is 8.41. The zero-order valence-electron chi connectivity index (χ0n) is 18.3. The zero-order chi connectivity index (χ0) is 23.1. The van der Waals surface area contributed by atoms with Crippen LogP contribution in [0.2, 0.25) is 5.02 Å². The molecule has 31 heavy (non-hydrogen) atoms. The third-order valence-corrected chi connectivity index (χ3v) is 7.89. The molecule has 1 aliphatic carbocycles. The number of nitrogens with one attached hydrogen (secondary N) is 1. The molecule has 0 atom stereocenters. The van der Waals surface area contributed by atoms with Gasteiger partial charge >= 0.3 is 0 Å². The van der Waals surface area contributed by atoms with Gasteiger partial charge in [-0.3, -0.25) is 9.59 Å². The van der Waals surface area contributed by atoms with E-state index < -0.39 is 15.9 Å². The molecular formula is C22H27ClN2O5S. The lowest BCUT2D eigenvalue weighted by molar-refractivity contribution is 0.0898. The van der Waals surface area contributed by atoms with Gasteiger partial charge in [0.25, 0.3) is 5.91 Å². The molecule has 0 fully saturated rings. The lowest BCUT2D eigenvalue weighted by Crippen LogP contribution is -2.30. The zero-order valence-corrected chi connectivity index (χ0v) is 19.9. The number of fused-ring (bicyclic) bond motifs is 1. The molecule has 0 aliphatic heterocycles. The van der Waals surface area contributed by atoms with E-state index in [1.807, 2.05) is 13.8 Å². The number of ketones is 1. The number of nitrogens with zero attached hydrogens (tertiary/aromatic N) is 1. The topological polar surface area (TPSA) is 96.7 Å². The van der Waals surface area contributed by atoms with Gasteiger partial charge in [0.1, 0.15) is 5.76 Å². The number of amides is 1. The summed E-state index contributed by atoms with van der Waals surface area (Å²) < 4.78 is 32.7. The van der Waals surface area contributed by atoms with E-state index in [9.17, 15) is 18.0 Å². The number of Topliss-reactive ketones (excluding diaryl/α,β-unsaturated/α-hetero) is 1. The number of hydrogen-bond acceptors (Lipinski definition) is 5. The predicted octanol–water partition coefficient (Wildman–Crippen LogP) is 4.68. The van der Waals surface area contributed by atoms with Gasteiger partial charge in [0, 0.05) is 31.5 Å². The number of rotatable bonds is 6. The maximum absolute atomic E-state index is 12.9. The molecule has 1 aliphatic rings. The van der Waals surface area contributed by atoms with E-state index in [1.54, 1.807) is 20.8 Å². The van der Waals surface area contributed by atoms with Crippen LogP contribution in [0.3, 0.4) is 0 Å². The Kier molecular flexibility index (Phi) is 6.37. The van der Waals surface area contributed by atoms with Crippen molar-refractivity contribution in [1.82, 2.24) is 4.31 Å². The second-order valence-corrected chi connectivity index (χ2v) is 10.8. The molecule has 1 heterocycles. The van der Waals surface area contributed by atoms with Gasteiger partial charge in [-0.1, -0.05) is 39.3 Å². The minimum atomic E-state index is -3.72. The molecule has 2 aromatic rings. The highest BCUT2D eigenvalue weighted by Gasteiger charge is 2.37. The van der Waals surface area contributed by atoms with E-state index in [1.165, 1.54) is 22.5 Å². The molecule has 0 radical (unpaired) electrons. The summed E-state index contributed by atoms with van der Waals surface area (Å²) in [4.78, 5) is 25.5. The Labute approximate surface area is 187 Å². The van der Waals surface area contributed by atoms with Gasteiger partial charge in [0.05, 0.1) is 21.2 Å². The number of furan rings is 1. The number of halogens is 1. The van der Waals surface area contributed by atoms with Gasteiger partial charge in [-0.15, -0.1) is 0 Å². The molecule has 0 saturated heterocycles. The van der Waals surface area contributed by atoms with Crippen LogP contribution < -0.4 is 5.32 Å². The minimum Gasteiger partial charge on any atom is -0.455 e. The number of anilines is 1. The molecule has 3 rings (SSSR count). The monoisotopic (exact) mass is 466 g/mol. The smallest absolute Gasteiger partial charge is 0.291 e. The second-order valence-electron chi connectivity index (χ2n) is 8.48. The fraction of sp³-hybridized carbons (Fsp3) is 0.455. The first kappa shape index (κ1) is 23.5. The first-order valence-electron chi connectivity index (χ1n) is 10.2. The van der Waals surface area contributed by atoms with Crippen LogP contribution in [0, 0.1) is 12.3 Å². The average Bonchev–Trinajstić information content (AvgIpc) is 2.99. The molecule has 1 amide bonds. The molecule has 0 saturated carbocycles. The van der Waals surface area contributed by atoms with Crippen molar-refractivity contribution in [2.75, 3.05) is 18.4 Å². The van der Waals surface area contributed by atoms with Crippen LogP contribution in [0.15, 0.2) is 27.5 Å². The maximum atomic E-state index is 12.9. The third kappa shape index (κ3) is 4.42. The summed E-state index contributed by atoms with van der Waals surface area (Å²) in [5.41, 5.74) is 0.864. The Morgan fingerprint density at radius 2 is 1.87 bits per heavy atom. The summed E-state index contributed by atoms with van der Waals surface area (Å²) in [6.07, 6.45) is 0.944. The summed E-state index contributed by atoms with van der Waals surface area (Å²) in [5.74, 6) is -0.0920. The lowest BCUT2D eigenvalue weighted by atomic mass is 9.76. The summed E-state index contributed by atoms with van der Waals surface area (Å²) in [7, 11) is -3.72. The molecule has 1 aromatic heterocycles. The Hall–Kier alpha value is -2.16. The fourth-order valence-electron chi connectivity index (χ4n) is 3.95. The Bertz CT molecular complexity index is 1150. The normalized spacial score (nSPS) is 15.8. The summed E-state index contributed by atoms with van der Waals surface area (Å²) in [5, 5.41) is 2.83. The molecule has 9 heteroatoms. The van der Waals surface area contributed by atoms with E-state index in [0.717, 1.165) is 0 Å². The van der Waals surface area contributed by atoms with Crippen molar-refractivity contribution in [2.24, 2.45) is 5.41 Å². The van der Waals surface area contributed by atoms with Crippen molar-refractivity contribution in [3.63, 3.8) is 0 Å². The number of carbonyl (C=O) groups excluding carboxylic acids is 2. The van der Waals surface area contributed by atoms with Gasteiger partial charge in [0.15, 0.2) is 11.5 Å². The van der Waals surface area contributed by atoms with Gasteiger partial charge in [-0.05, 0) is 30.5 Å². The van der Waals surface area contributed by atoms with E-state index in [2.05, 4.69) is 5.32 Å². The van der Waals surface area contributed by atoms with Crippen molar-refractivity contribution < 1.29 is 22.4 Å². The largest absolute Gasteiger partial charge is 0.455 e. The van der Waals surface area contributed by atoms with Gasteiger partial charge in [-0.2, -0.15) is 4.31 Å². The van der Waals surface area contributed by atoms with Crippen LogP contribution in [0.25, 0.3) is 0 Å². The fourth-order valence-corrected chi connectivity index (χ4v) is 5.60. The predicted molar refractivity (Wildman–Crippen MR) is 119 cm³/mol. The molecule has 0 bridgehead atoms. The van der Waals surface area contributed by atoms with E-state index >= 15 is 0 Å². The number of benzene rings is 1. The van der Waals surface area contributed by atoms with Crippen molar-refractivity contribution in [2.45, 2.75) is 52.4 Å². The van der Waals surface area contributed by atoms with Crippen molar-refractivity contribution in [3.8, 4) is 0 Å². The first-order chi connectivity index (χ1) is 14.4. The average molecular weight is 467 g/mol. The van der Waals surface area contributed by atoms with Crippen LogP contribution in [0.5, 0.6) is 0 Å². The first-order valence-corrected chi connectivity index (χ1v) is 12.0. The number of hydrogen-bond donors (Lipinski definition) is 1. The standard InChI is InChI=1S/C22H27ClN2O5S/c1-6-25(7-2)31(28,29)14-8-9-15(23)16(10-14)24-21(27)20-13(3)19-17(26)11-22(4,5)12-18(19)30-20/h8-10H,6-7,11-12H2,1-5H3,(H,24,27). The quantitative estimate of drug-likeness (QED) is 0.666. The van der Waals surface area contributed by atoms with Crippen LogP contribution in [0.1, 0.15) is 66.4 Å². The van der Waals surface area contributed by atoms with Crippen molar-refractivity contribution in [1.29, 1.82) is 0 Å². The van der Waals surface area contributed by atoms with E-state index in [-0.39, 0.29) is 32.6 Å². The van der Waals surface area contributed by atoms with Crippen LogP contribution in [-0.2, 0) is 16.4 Å². The molecule has 1 aromatic carbocycles. The van der Waals surface area contributed by atoms with Crippen molar-refractivity contribution >= 4 is 39.0 Å². The number of sulfonamides is 1. The highest BCUT2D eigenvalue weighted by atomic mass is 35.5. The molecule has 7 nitrogen and oxygen atoms in total. The minimum absolute atomic E-state index is 0.0308. The highest BCUT2D eigenvalue weighted by molar-refractivity contribution is 7.89. The summed E-state index contributed by atoms with van der Waals surface area (Å²) in [6.45, 7) is 9.79. The maximum Gasteiger partial charge on any atom is 0.291 e. The third-order valence-electron chi connectivity index (χ3n) is 5.51. The molecular weight excluding hydrogens is 440 g/mol. The van der Waals surface area contributed by atoms with Crippen molar-refractivity contribution in [3.05, 3.63) is 45.9 Å². The Morgan fingerprint density at radius 1 is 1.23 bits per heavy atom. The molecule has 1 N–H and O–H groups in total. The van der Waals surface area contributed by atoms with Crippen LogP contribution in [0.4, 0.5) is 5.69 Å². The Balaban J connectivity index is 1.94. The number of carbonyl (C=O) groups is 2. The Morgan fingerprint density at radius 3 is 2.48 bits per heavy atom. The van der Waals surface area contributed by atoms with Crippen LogP contribution >= 0.6 is 11.6 Å².